The number of carbonyl (C=O) groups excluding carboxylic acids is 2. The van der Waals surface area contributed by atoms with Crippen molar-refractivity contribution in [3.8, 4) is 0 Å². The first-order valence-electron chi connectivity index (χ1n) is 7.80. The van der Waals surface area contributed by atoms with Gasteiger partial charge in [-0.15, -0.1) is 0 Å². The number of nitrogens with zero attached hydrogens (tertiary/aromatic N) is 2. The van der Waals surface area contributed by atoms with Gasteiger partial charge in [0.2, 0.25) is 5.91 Å². The summed E-state index contributed by atoms with van der Waals surface area (Å²) in [7, 11) is 0. The Morgan fingerprint density at radius 2 is 2.17 bits per heavy atom. The van der Waals surface area contributed by atoms with E-state index in [-0.39, 0.29) is 18.4 Å². The summed E-state index contributed by atoms with van der Waals surface area (Å²) in [6, 6.07) is 8.08. The first kappa shape index (κ1) is 17.8. The maximum absolute atomic E-state index is 12.3. The summed E-state index contributed by atoms with van der Waals surface area (Å²) in [6.07, 6.45) is 1.36. The van der Waals surface area contributed by atoms with E-state index in [1.165, 1.54) is 10.5 Å². The van der Waals surface area contributed by atoms with E-state index < -0.39 is 6.10 Å². The Labute approximate surface area is 141 Å². The number of rotatable bonds is 6. The molecule has 1 aromatic rings. The van der Waals surface area contributed by atoms with Crippen LogP contribution in [0.15, 0.2) is 24.3 Å². The molecule has 0 bridgehead atoms. The summed E-state index contributed by atoms with van der Waals surface area (Å²) in [5, 5.41) is 9.89. The first-order chi connectivity index (χ1) is 11.0. The minimum absolute atomic E-state index is 0.0565. The van der Waals surface area contributed by atoms with Crippen molar-refractivity contribution in [3.05, 3.63) is 35.4 Å². The van der Waals surface area contributed by atoms with Crippen molar-refractivity contribution < 1.29 is 14.7 Å². The molecule has 5 nitrogen and oxygen atoms in total. The van der Waals surface area contributed by atoms with Crippen molar-refractivity contribution in [2.24, 2.45) is 0 Å². The smallest absolute Gasteiger partial charge is 0.251 e. The number of aliphatic hydroxyl groups is 1. The summed E-state index contributed by atoms with van der Waals surface area (Å²) in [6.45, 7) is 3.64. The van der Waals surface area contributed by atoms with Crippen molar-refractivity contribution in [2.45, 2.75) is 26.0 Å². The number of aliphatic hydroxyl groups excluding tert-OH is 1. The topological polar surface area (TPSA) is 60.9 Å². The van der Waals surface area contributed by atoms with Crippen molar-refractivity contribution in [3.63, 3.8) is 0 Å². The standard InChI is InChI=1S/C17H24N2O3S/c1-13-4-3-5-14(10-13)11-18-7-8-19(12-16(18)21)17(22)15(20)6-9-23-2/h3-5,10,15,20H,6-9,11-12H2,1-2H3. The van der Waals surface area contributed by atoms with Crippen LogP contribution >= 0.6 is 11.8 Å². The molecule has 1 N–H and O–H groups in total. The lowest BCUT2D eigenvalue weighted by atomic mass is 10.1. The number of thioether (sulfide) groups is 1. The minimum atomic E-state index is -1.00. The predicted octanol–water partition coefficient (Wildman–Crippen LogP) is 1.28. The third-order valence-electron chi connectivity index (χ3n) is 3.97. The van der Waals surface area contributed by atoms with Crippen LogP contribution in [0.2, 0.25) is 0 Å². The van der Waals surface area contributed by atoms with Gasteiger partial charge in [-0.2, -0.15) is 11.8 Å². The van der Waals surface area contributed by atoms with E-state index in [1.807, 2.05) is 31.4 Å². The molecule has 1 fully saturated rings. The van der Waals surface area contributed by atoms with Crippen molar-refractivity contribution in [1.29, 1.82) is 0 Å². The van der Waals surface area contributed by atoms with Crippen molar-refractivity contribution in [2.75, 3.05) is 31.6 Å². The van der Waals surface area contributed by atoms with E-state index in [9.17, 15) is 14.7 Å². The van der Waals surface area contributed by atoms with Gasteiger partial charge in [0, 0.05) is 19.6 Å². The van der Waals surface area contributed by atoms with Crippen molar-refractivity contribution in [1.82, 2.24) is 9.80 Å². The summed E-state index contributed by atoms with van der Waals surface area (Å²) < 4.78 is 0. The SMILES string of the molecule is CSCCC(O)C(=O)N1CCN(Cc2cccc(C)c2)C(=O)C1. The van der Waals surface area contributed by atoms with E-state index in [2.05, 4.69) is 6.07 Å². The molecule has 1 aliphatic rings. The molecule has 0 radical (unpaired) electrons. The highest BCUT2D eigenvalue weighted by Gasteiger charge is 2.30. The molecule has 0 aliphatic carbocycles. The second kappa shape index (κ2) is 8.36. The third kappa shape index (κ3) is 4.97. The molecule has 0 aromatic heterocycles. The lowest BCUT2D eigenvalue weighted by Crippen LogP contribution is -2.54. The Hall–Kier alpha value is -1.53. The summed E-state index contributed by atoms with van der Waals surface area (Å²) >= 11 is 1.59. The van der Waals surface area contributed by atoms with Gasteiger partial charge in [0.15, 0.2) is 0 Å². The molecule has 23 heavy (non-hydrogen) atoms. The molecule has 0 saturated carbocycles. The molecule has 1 heterocycles. The monoisotopic (exact) mass is 336 g/mol. The molecule has 2 amide bonds. The van der Waals surface area contributed by atoms with Crippen LogP contribution in [0.25, 0.3) is 0 Å². The van der Waals surface area contributed by atoms with Crippen molar-refractivity contribution >= 4 is 23.6 Å². The number of piperazine rings is 1. The molecular formula is C17H24N2O3S. The Balaban J connectivity index is 1.89. The third-order valence-corrected chi connectivity index (χ3v) is 4.61. The average molecular weight is 336 g/mol. The fourth-order valence-corrected chi connectivity index (χ4v) is 3.12. The van der Waals surface area contributed by atoms with Gasteiger partial charge in [-0.3, -0.25) is 9.59 Å². The van der Waals surface area contributed by atoms with Gasteiger partial charge in [-0.05, 0) is 30.9 Å². The second-order valence-corrected chi connectivity index (χ2v) is 6.85. The van der Waals surface area contributed by atoms with Crippen LogP contribution in [0, 0.1) is 6.92 Å². The molecule has 2 rings (SSSR count). The van der Waals surface area contributed by atoms with E-state index in [1.54, 1.807) is 16.7 Å². The van der Waals surface area contributed by atoms with Gasteiger partial charge in [0.25, 0.3) is 5.91 Å². The number of carbonyl (C=O) groups is 2. The maximum atomic E-state index is 12.3. The van der Waals surface area contributed by atoms with Crippen LogP contribution in [-0.4, -0.2) is 64.5 Å². The Morgan fingerprint density at radius 3 is 2.83 bits per heavy atom. The normalized spacial score (nSPS) is 16.6. The Morgan fingerprint density at radius 1 is 1.39 bits per heavy atom. The van der Waals surface area contributed by atoms with Crippen LogP contribution in [0.1, 0.15) is 17.5 Å². The number of amides is 2. The first-order valence-corrected chi connectivity index (χ1v) is 9.19. The Bertz CT molecular complexity index is 565. The molecule has 126 valence electrons. The fourth-order valence-electron chi connectivity index (χ4n) is 2.66. The largest absolute Gasteiger partial charge is 0.383 e. The van der Waals surface area contributed by atoms with E-state index in [4.69, 9.17) is 0 Å². The van der Waals surface area contributed by atoms with Gasteiger partial charge in [-0.1, -0.05) is 29.8 Å². The minimum Gasteiger partial charge on any atom is -0.383 e. The predicted molar refractivity (Wildman–Crippen MR) is 92.2 cm³/mol. The highest BCUT2D eigenvalue weighted by Crippen LogP contribution is 2.13. The molecule has 1 atom stereocenters. The van der Waals surface area contributed by atoms with Gasteiger partial charge in [-0.25, -0.2) is 0 Å². The highest BCUT2D eigenvalue weighted by atomic mass is 32.2. The van der Waals surface area contributed by atoms with Crippen LogP contribution in [-0.2, 0) is 16.1 Å². The summed E-state index contributed by atoms with van der Waals surface area (Å²) in [4.78, 5) is 27.7. The molecule has 1 aromatic carbocycles. The van der Waals surface area contributed by atoms with Gasteiger partial charge in [0.1, 0.15) is 6.10 Å². The molecule has 0 spiro atoms. The Kier molecular flexibility index (Phi) is 6.47. The van der Waals surface area contributed by atoms with Gasteiger partial charge < -0.3 is 14.9 Å². The van der Waals surface area contributed by atoms with Crippen LogP contribution in [0.3, 0.4) is 0 Å². The number of benzene rings is 1. The molecule has 6 heteroatoms. The molecule has 1 saturated heterocycles. The molecule has 1 aliphatic heterocycles. The van der Waals surface area contributed by atoms with E-state index >= 15 is 0 Å². The van der Waals surface area contributed by atoms with E-state index in [0.717, 1.165) is 11.3 Å². The maximum Gasteiger partial charge on any atom is 0.251 e. The number of aryl methyl sites for hydroxylation is 1. The number of hydrogen-bond donors (Lipinski definition) is 1. The van der Waals surface area contributed by atoms with E-state index in [0.29, 0.717) is 26.1 Å². The highest BCUT2D eigenvalue weighted by molar-refractivity contribution is 7.98. The zero-order valence-corrected chi connectivity index (χ0v) is 14.5. The van der Waals surface area contributed by atoms with Crippen LogP contribution < -0.4 is 0 Å². The lowest BCUT2D eigenvalue weighted by molar-refractivity contribution is -0.150. The quantitative estimate of drug-likeness (QED) is 0.850. The van der Waals surface area contributed by atoms with Crippen LogP contribution in [0.5, 0.6) is 0 Å². The average Bonchev–Trinajstić information content (AvgIpc) is 2.54. The molecular weight excluding hydrogens is 312 g/mol. The summed E-state index contributed by atoms with van der Waals surface area (Å²) in [5.74, 6) is 0.333. The zero-order chi connectivity index (χ0) is 16.8. The van der Waals surface area contributed by atoms with Gasteiger partial charge >= 0.3 is 0 Å². The number of hydrogen-bond acceptors (Lipinski definition) is 4. The lowest BCUT2D eigenvalue weighted by Gasteiger charge is -2.35. The zero-order valence-electron chi connectivity index (χ0n) is 13.7. The second-order valence-electron chi connectivity index (χ2n) is 5.86. The van der Waals surface area contributed by atoms with Gasteiger partial charge in [0.05, 0.1) is 6.54 Å². The van der Waals surface area contributed by atoms with Crippen LogP contribution in [0.4, 0.5) is 0 Å². The molecule has 1 unspecified atom stereocenters. The fraction of sp³-hybridized carbons (Fsp3) is 0.529. The summed E-state index contributed by atoms with van der Waals surface area (Å²) in [5.41, 5.74) is 2.26.